The average Bonchev–Trinajstić information content (AvgIpc) is 3.10. The summed E-state index contributed by atoms with van der Waals surface area (Å²) in [6, 6.07) is 2.52. The molecule has 0 radical (unpaired) electrons. The van der Waals surface area contributed by atoms with Crippen LogP contribution in [-0.2, 0) is 19.0 Å². The molecule has 0 bridgehead atoms. The lowest BCUT2D eigenvalue weighted by molar-refractivity contribution is -0.239. The van der Waals surface area contributed by atoms with Gasteiger partial charge in [-0.25, -0.2) is 0 Å². The van der Waals surface area contributed by atoms with Crippen molar-refractivity contribution in [2.45, 2.75) is 45.3 Å². The summed E-state index contributed by atoms with van der Waals surface area (Å²) in [5, 5.41) is 9.86. The van der Waals surface area contributed by atoms with E-state index in [0.29, 0.717) is 19.6 Å². The summed E-state index contributed by atoms with van der Waals surface area (Å²) >= 11 is 0. The van der Waals surface area contributed by atoms with Crippen LogP contribution in [0, 0.1) is 34.0 Å². The van der Waals surface area contributed by atoms with E-state index < -0.39 is 16.6 Å². The summed E-state index contributed by atoms with van der Waals surface area (Å²) in [5.41, 5.74) is -1.29. The predicted octanol–water partition coefficient (Wildman–Crippen LogP) is 2.26. The highest BCUT2D eigenvalue weighted by Gasteiger charge is 2.71. The number of carbonyl (C=O) groups excluding carboxylic acids is 1. The molecule has 0 N–H and O–H groups in total. The van der Waals surface area contributed by atoms with Gasteiger partial charge in [-0.3, -0.25) is 4.79 Å². The van der Waals surface area contributed by atoms with Crippen molar-refractivity contribution >= 4 is 5.97 Å². The minimum Gasteiger partial charge on any atom is -0.469 e. The van der Waals surface area contributed by atoms with Crippen LogP contribution in [0.5, 0.6) is 0 Å². The molecule has 5 nitrogen and oxygen atoms in total. The van der Waals surface area contributed by atoms with Gasteiger partial charge in [0.2, 0.25) is 0 Å². The summed E-state index contributed by atoms with van der Waals surface area (Å²) in [7, 11) is 1.42. The van der Waals surface area contributed by atoms with E-state index >= 15 is 0 Å². The van der Waals surface area contributed by atoms with Crippen molar-refractivity contribution in [3.8, 4) is 6.07 Å². The van der Waals surface area contributed by atoms with Gasteiger partial charge in [0.15, 0.2) is 5.79 Å². The molecule has 4 atom stereocenters. The Bertz CT molecular complexity index is 493. The molecule has 1 saturated heterocycles. The van der Waals surface area contributed by atoms with E-state index in [2.05, 4.69) is 13.0 Å². The van der Waals surface area contributed by atoms with Crippen LogP contribution >= 0.6 is 0 Å². The van der Waals surface area contributed by atoms with Crippen molar-refractivity contribution in [2.24, 2.45) is 22.7 Å². The Kier molecular flexibility index (Phi) is 3.30. The SMILES string of the molecule is COC(=O)[C@]1(C)[C@H](C)CC[C@@]2(C#N)CCC3(OCCO3)[C@H]21. The maximum absolute atomic E-state index is 12.6. The highest BCUT2D eigenvalue weighted by Crippen LogP contribution is 2.66. The zero-order chi connectivity index (χ0) is 15.3. The fourth-order valence-electron chi connectivity index (χ4n) is 4.96. The van der Waals surface area contributed by atoms with Crippen molar-refractivity contribution in [2.75, 3.05) is 20.3 Å². The van der Waals surface area contributed by atoms with Gasteiger partial charge in [-0.1, -0.05) is 6.92 Å². The van der Waals surface area contributed by atoms with Crippen LogP contribution in [0.4, 0.5) is 0 Å². The first-order valence-electron chi connectivity index (χ1n) is 7.73. The van der Waals surface area contributed by atoms with E-state index in [9.17, 15) is 10.1 Å². The van der Waals surface area contributed by atoms with Crippen LogP contribution in [-0.4, -0.2) is 32.1 Å². The Morgan fingerprint density at radius 2 is 1.95 bits per heavy atom. The minimum absolute atomic E-state index is 0.138. The second-order valence-corrected chi connectivity index (χ2v) is 6.92. The average molecular weight is 293 g/mol. The zero-order valence-corrected chi connectivity index (χ0v) is 13.0. The molecule has 3 rings (SSSR count). The van der Waals surface area contributed by atoms with E-state index in [1.807, 2.05) is 6.92 Å². The van der Waals surface area contributed by atoms with Crippen LogP contribution < -0.4 is 0 Å². The third-order valence-corrected chi connectivity index (χ3v) is 6.18. The first-order chi connectivity index (χ1) is 9.95. The monoisotopic (exact) mass is 293 g/mol. The molecule has 1 spiro atoms. The smallest absolute Gasteiger partial charge is 0.312 e. The molecule has 2 saturated carbocycles. The molecule has 1 aliphatic heterocycles. The minimum atomic E-state index is -0.784. The summed E-state index contributed by atoms with van der Waals surface area (Å²) in [5.74, 6) is -1.16. The van der Waals surface area contributed by atoms with Crippen LogP contribution in [0.25, 0.3) is 0 Å². The van der Waals surface area contributed by atoms with Crippen LogP contribution in [0.15, 0.2) is 0 Å². The lowest BCUT2D eigenvalue weighted by Crippen LogP contribution is -2.58. The van der Waals surface area contributed by atoms with E-state index in [1.165, 1.54) is 7.11 Å². The zero-order valence-electron chi connectivity index (χ0n) is 13.0. The van der Waals surface area contributed by atoms with Gasteiger partial charge in [0.1, 0.15) is 0 Å². The maximum atomic E-state index is 12.6. The molecular weight excluding hydrogens is 270 g/mol. The summed E-state index contributed by atoms with van der Waals surface area (Å²) in [6.45, 7) is 5.06. The van der Waals surface area contributed by atoms with Gasteiger partial charge in [0.05, 0.1) is 37.2 Å². The number of esters is 1. The quantitative estimate of drug-likeness (QED) is 0.694. The molecule has 2 aliphatic carbocycles. The van der Waals surface area contributed by atoms with Crippen molar-refractivity contribution in [1.29, 1.82) is 5.26 Å². The Morgan fingerprint density at radius 1 is 1.29 bits per heavy atom. The Labute approximate surface area is 125 Å². The number of hydrogen-bond acceptors (Lipinski definition) is 5. The Morgan fingerprint density at radius 3 is 2.52 bits per heavy atom. The van der Waals surface area contributed by atoms with Gasteiger partial charge >= 0.3 is 5.97 Å². The normalized spacial score (nSPS) is 44.3. The van der Waals surface area contributed by atoms with Gasteiger partial charge < -0.3 is 14.2 Å². The number of fused-ring (bicyclic) bond motifs is 2. The van der Waals surface area contributed by atoms with Crippen LogP contribution in [0.1, 0.15) is 39.5 Å². The maximum Gasteiger partial charge on any atom is 0.312 e. The van der Waals surface area contributed by atoms with Crippen molar-refractivity contribution in [3.63, 3.8) is 0 Å². The number of rotatable bonds is 1. The molecule has 5 heteroatoms. The largest absolute Gasteiger partial charge is 0.469 e. The molecule has 21 heavy (non-hydrogen) atoms. The fourth-order valence-corrected chi connectivity index (χ4v) is 4.96. The number of carbonyl (C=O) groups is 1. The Balaban J connectivity index is 2.13. The van der Waals surface area contributed by atoms with E-state index in [0.717, 1.165) is 19.3 Å². The van der Waals surface area contributed by atoms with Crippen LogP contribution in [0.3, 0.4) is 0 Å². The molecule has 1 heterocycles. The third-order valence-electron chi connectivity index (χ3n) is 6.18. The number of hydrogen-bond donors (Lipinski definition) is 0. The number of methoxy groups -OCH3 is 1. The number of ether oxygens (including phenoxy) is 3. The van der Waals surface area contributed by atoms with Gasteiger partial charge in [0, 0.05) is 12.3 Å². The molecular formula is C16H23NO4. The summed E-state index contributed by atoms with van der Waals surface area (Å²) in [6.07, 6.45) is 3.07. The van der Waals surface area contributed by atoms with Crippen molar-refractivity contribution in [3.05, 3.63) is 0 Å². The molecule has 3 fully saturated rings. The van der Waals surface area contributed by atoms with Gasteiger partial charge in [-0.2, -0.15) is 5.26 Å². The fraction of sp³-hybridized carbons (Fsp3) is 0.875. The first kappa shape index (κ1) is 14.8. The number of nitrogens with zero attached hydrogens (tertiary/aromatic N) is 1. The molecule has 3 aliphatic rings. The second-order valence-electron chi connectivity index (χ2n) is 6.92. The molecule has 0 aromatic rings. The third kappa shape index (κ3) is 1.72. The predicted molar refractivity (Wildman–Crippen MR) is 73.9 cm³/mol. The van der Waals surface area contributed by atoms with Gasteiger partial charge in [-0.05, 0) is 32.1 Å². The molecule has 0 amide bonds. The van der Waals surface area contributed by atoms with Crippen molar-refractivity contribution < 1.29 is 19.0 Å². The molecule has 0 aromatic carbocycles. The van der Waals surface area contributed by atoms with E-state index in [1.54, 1.807) is 0 Å². The van der Waals surface area contributed by atoms with E-state index in [-0.39, 0.29) is 17.8 Å². The molecule has 0 unspecified atom stereocenters. The molecule has 0 aromatic heterocycles. The van der Waals surface area contributed by atoms with Gasteiger partial charge in [0.25, 0.3) is 0 Å². The lowest BCUT2D eigenvalue weighted by atomic mass is 9.52. The topological polar surface area (TPSA) is 68.6 Å². The molecule has 116 valence electrons. The van der Waals surface area contributed by atoms with Crippen LogP contribution in [0.2, 0.25) is 0 Å². The summed E-state index contributed by atoms with van der Waals surface area (Å²) < 4.78 is 17.0. The van der Waals surface area contributed by atoms with Crippen molar-refractivity contribution in [1.82, 2.24) is 0 Å². The highest BCUT2D eigenvalue weighted by atomic mass is 16.7. The standard InChI is InChI=1S/C16H23NO4/c1-11-4-5-15(10-17)6-7-16(20-8-9-21-16)12(15)14(11,2)13(18)19-3/h11-12H,4-9H2,1-3H3/t11-,12+,14-,15+/m1/s1. The van der Waals surface area contributed by atoms with E-state index in [4.69, 9.17) is 14.2 Å². The second kappa shape index (κ2) is 4.69. The number of nitriles is 1. The highest BCUT2D eigenvalue weighted by molar-refractivity contribution is 5.78. The lowest BCUT2D eigenvalue weighted by Gasteiger charge is -2.52. The summed E-state index contributed by atoms with van der Waals surface area (Å²) in [4.78, 5) is 12.6. The Hall–Kier alpha value is -1.12. The van der Waals surface area contributed by atoms with Gasteiger partial charge in [-0.15, -0.1) is 0 Å². The first-order valence-corrected chi connectivity index (χ1v) is 7.73.